The molecule has 6 heteroatoms. The lowest BCUT2D eigenvalue weighted by Gasteiger charge is -2.15. The molecule has 0 spiro atoms. The summed E-state index contributed by atoms with van der Waals surface area (Å²) in [4.78, 5) is 13.0. The SMILES string of the molecule is COCCn1cc(NC(C)c2ccc(Br)s2)ccc1=O. The molecule has 4 nitrogen and oxygen atoms in total. The first-order chi connectivity index (χ1) is 9.60. The van der Waals surface area contributed by atoms with Crippen molar-refractivity contribution in [1.82, 2.24) is 4.57 Å². The number of methoxy groups -OCH3 is 1. The quantitative estimate of drug-likeness (QED) is 0.861. The molecular weight excluding hydrogens is 340 g/mol. The number of nitrogens with zero attached hydrogens (tertiary/aromatic N) is 1. The van der Waals surface area contributed by atoms with E-state index >= 15 is 0 Å². The summed E-state index contributed by atoms with van der Waals surface area (Å²) < 4.78 is 7.78. The van der Waals surface area contributed by atoms with E-state index in [1.54, 1.807) is 29.1 Å². The molecule has 1 atom stereocenters. The van der Waals surface area contributed by atoms with Crippen molar-refractivity contribution in [2.75, 3.05) is 19.0 Å². The highest BCUT2D eigenvalue weighted by atomic mass is 79.9. The standard InChI is InChI=1S/C14H17BrN2O2S/c1-10(12-4-5-13(15)20-12)16-11-3-6-14(18)17(9-11)7-8-19-2/h3-6,9-10,16H,7-8H2,1-2H3. The summed E-state index contributed by atoms with van der Waals surface area (Å²) in [6.45, 7) is 3.18. The molecule has 1 unspecified atom stereocenters. The number of nitrogens with one attached hydrogen (secondary N) is 1. The van der Waals surface area contributed by atoms with Crippen LogP contribution in [0.1, 0.15) is 17.8 Å². The Morgan fingerprint density at radius 3 is 2.85 bits per heavy atom. The van der Waals surface area contributed by atoms with E-state index in [4.69, 9.17) is 4.74 Å². The van der Waals surface area contributed by atoms with Gasteiger partial charge >= 0.3 is 0 Å². The van der Waals surface area contributed by atoms with Gasteiger partial charge in [0.05, 0.1) is 22.1 Å². The summed E-state index contributed by atoms with van der Waals surface area (Å²) in [6, 6.07) is 7.71. The van der Waals surface area contributed by atoms with Crippen LogP contribution in [0.4, 0.5) is 5.69 Å². The third-order valence-corrected chi connectivity index (χ3v) is 4.73. The van der Waals surface area contributed by atoms with Gasteiger partial charge in [-0.15, -0.1) is 11.3 Å². The van der Waals surface area contributed by atoms with Crippen molar-refractivity contribution in [3.63, 3.8) is 0 Å². The number of hydrogen-bond acceptors (Lipinski definition) is 4. The minimum Gasteiger partial charge on any atom is -0.383 e. The number of aromatic nitrogens is 1. The minimum absolute atomic E-state index is 0.0147. The van der Waals surface area contributed by atoms with Crippen molar-refractivity contribution in [2.45, 2.75) is 19.5 Å². The zero-order valence-electron chi connectivity index (χ0n) is 11.4. The lowest BCUT2D eigenvalue weighted by atomic mass is 10.2. The van der Waals surface area contributed by atoms with E-state index in [2.05, 4.69) is 34.2 Å². The second-order valence-electron chi connectivity index (χ2n) is 4.45. The molecule has 0 aromatic carbocycles. The van der Waals surface area contributed by atoms with Crippen LogP contribution in [0.3, 0.4) is 0 Å². The minimum atomic E-state index is -0.0147. The van der Waals surface area contributed by atoms with Gasteiger partial charge in [0.15, 0.2) is 0 Å². The Balaban J connectivity index is 2.11. The van der Waals surface area contributed by atoms with Gasteiger partial charge in [0.2, 0.25) is 0 Å². The van der Waals surface area contributed by atoms with E-state index in [1.165, 1.54) is 4.88 Å². The van der Waals surface area contributed by atoms with E-state index in [-0.39, 0.29) is 11.6 Å². The molecule has 0 aliphatic rings. The molecular formula is C14H17BrN2O2S. The van der Waals surface area contributed by atoms with Crippen molar-refractivity contribution >= 4 is 33.0 Å². The van der Waals surface area contributed by atoms with E-state index in [0.717, 1.165) is 9.47 Å². The highest BCUT2D eigenvalue weighted by molar-refractivity contribution is 9.11. The predicted octanol–water partition coefficient (Wildman–Crippen LogP) is 3.49. The first-order valence-corrected chi connectivity index (χ1v) is 7.92. The summed E-state index contributed by atoms with van der Waals surface area (Å²) in [5.74, 6) is 0. The first kappa shape index (κ1) is 15.3. The monoisotopic (exact) mass is 356 g/mol. The predicted molar refractivity (Wildman–Crippen MR) is 86.6 cm³/mol. The number of ether oxygens (including phenoxy) is 1. The number of hydrogen-bond donors (Lipinski definition) is 1. The number of pyridine rings is 1. The molecule has 2 heterocycles. The van der Waals surface area contributed by atoms with Gasteiger partial charge in [0.1, 0.15) is 0 Å². The molecule has 0 fully saturated rings. The molecule has 0 saturated heterocycles. The molecule has 2 aromatic rings. The van der Waals surface area contributed by atoms with Crippen molar-refractivity contribution in [3.8, 4) is 0 Å². The average Bonchev–Trinajstić information content (AvgIpc) is 2.86. The van der Waals surface area contributed by atoms with E-state index in [0.29, 0.717) is 13.2 Å². The van der Waals surface area contributed by atoms with Crippen LogP contribution in [0.25, 0.3) is 0 Å². The molecule has 0 saturated carbocycles. The Bertz CT molecular complexity index is 624. The maximum absolute atomic E-state index is 11.7. The Labute approximate surface area is 130 Å². The van der Waals surface area contributed by atoms with Gasteiger partial charge in [-0.3, -0.25) is 4.79 Å². The van der Waals surface area contributed by atoms with Crippen LogP contribution in [0.2, 0.25) is 0 Å². The number of rotatable bonds is 6. The van der Waals surface area contributed by atoms with Crippen LogP contribution < -0.4 is 10.9 Å². The normalized spacial score (nSPS) is 12.3. The van der Waals surface area contributed by atoms with Crippen molar-refractivity contribution in [1.29, 1.82) is 0 Å². The lowest BCUT2D eigenvalue weighted by Crippen LogP contribution is -2.21. The molecule has 1 N–H and O–H groups in total. The fraction of sp³-hybridized carbons (Fsp3) is 0.357. The molecule has 20 heavy (non-hydrogen) atoms. The Morgan fingerprint density at radius 2 is 2.20 bits per heavy atom. The summed E-state index contributed by atoms with van der Waals surface area (Å²) >= 11 is 5.17. The number of anilines is 1. The molecule has 108 valence electrons. The second-order valence-corrected chi connectivity index (χ2v) is 6.94. The van der Waals surface area contributed by atoms with Crippen LogP contribution in [0, 0.1) is 0 Å². The topological polar surface area (TPSA) is 43.3 Å². The fourth-order valence-electron chi connectivity index (χ4n) is 1.86. The molecule has 0 aliphatic heterocycles. The van der Waals surface area contributed by atoms with Crippen molar-refractivity contribution < 1.29 is 4.74 Å². The Kier molecular flexibility index (Phi) is 5.39. The van der Waals surface area contributed by atoms with Crippen molar-refractivity contribution in [2.24, 2.45) is 0 Å². The van der Waals surface area contributed by atoms with Gasteiger partial charge in [-0.05, 0) is 41.1 Å². The third-order valence-electron chi connectivity index (χ3n) is 2.92. The largest absolute Gasteiger partial charge is 0.383 e. The van der Waals surface area contributed by atoms with Crippen LogP contribution in [-0.2, 0) is 11.3 Å². The van der Waals surface area contributed by atoms with Gasteiger partial charge in [0.25, 0.3) is 5.56 Å². The second kappa shape index (κ2) is 7.06. The molecule has 0 radical (unpaired) electrons. The summed E-state index contributed by atoms with van der Waals surface area (Å²) in [5.41, 5.74) is 0.914. The van der Waals surface area contributed by atoms with Crippen LogP contribution in [-0.4, -0.2) is 18.3 Å². The average molecular weight is 357 g/mol. The molecule has 0 amide bonds. The maximum atomic E-state index is 11.7. The molecule has 0 aliphatic carbocycles. The molecule has 2 rings (SSSR count). The maximum Gasteiger partial charge on any atom is 0.250 e. The Morgan fingerprint density at radius 1 is 1.40 bits per heavy atom. The van der Waals surface area contributed by atoms with E-state index in [9.17, 15) is 4.79 Å². The lowest BCUT2D eigenvalue weighted by molar-refractivity contribution is 0.186. The number of halogens is 1. The van der Waals surface area contributed by atoms with Gasteiger partial charge in [-0.2, -0.15) is 0 Å². The van der Waals surface area contributed by atoms with Gasteiger partial charge in [0, 0.05) is 30.8 Å². The van der Waals surface area contributed by atoms with Crippen molar-refractivity contribution in [3.05, 3.63) is 49.5 Å². The smallest absolute Gasteiger partial charge is 0.250 e. The number of thiophene rings is 1. The highest BCUT2D eigenvalue weighted by Crippen LogP contribution is 2.28. The molecule has 2 aromatic heterocycles. The van der Waals surface area contributed by atoms with Crippen LogP contribution >= 0.6 is 27.3 Å². The summed E-state index contributed by atoms with van der Waals surface area (Å²) in [7, 11) is 1.63. The highest BCUT2D eigenvalue weighted by Gasteiger charge is 2.08. The van der Waals surface area contributed by atoms with Gasteiger partial charge in [-0.25, -0.2) is 0 Å². The van der Waals surface area contributed by atoms with E-state index < -0.39 is 0 Å². The van der Waals surface area contributed by atoms with E-state index in [1.807, 2.05) is 18.3 Å². The molecule has 0 bridgehead atoms. The first-order valence-electron chi connectivity index (χ1n) is 6.31. The fourth-order valence-corrected chi connectivity index (χ4v) is 3.29. The zero-order valence-corrected chi connectivity index (χ0v) is 13.8. The van der Waals surface area contributed by atoms with Gasteiger partial charge in [-0.1, -0.05) is 0 Å². The van der Waals surface area contributed by atoms with Gasteiger partial charge < -0.3 is 14.6 Å². The third kappa shape index (κ3) is 3.94. The summed E-state index contributed by atoms with van der Waals surface area (Å²) in [5, 5.41) is 3.40. The Hall–Kier alpha value is -1.11. The summed E-state index contributed by atoms with van der Waals surface area (Å²) in [6.07, 6.45) is 1.83. The van der Waals surface area contributed by atoms with Crippen LogP contribution in [0.5, 0.6) is 0 Å². The zero-order chi connectivity index (χ0) is 14.5. The van der Waals surface area contributed by atoms with Crippen LogP contribution in [0.15, 0.2) is 39.0 Å².